The zero-order valence-corrected chi connectivity index (χ0v) is 10.7. The number of ether oxygens (including phenoxy) is 1. The first kappa shape index (κ1) is 12.5. The number of pyridine rings is 1. The van der Waals surface area contributed by atoms with Gasteiger partial charge in [0.05, 0.1) is 11.6 Å². The molecule has 0 aliphatic carbocycles. The number of hydrogen-bond donors (Lipinski definition) is 0. The Morgan fingerprint density at radius 3 is 2.50 bits per heavy atom. The molecule has 0 bridgehead atoms. The molecular formula is C15H12ClNO. The second-order valence-electron chi connectivity index (χ2n) is 3.60. The van der Waals surface area contributed by atoms with Crippen molar-refractivity contribution in [1.82, 2.24) is 4.98 Å². The molecule has 0 saturated heterocycles. The summed E-state index contributed by atoms with van der Waals surface area (Å²) in [5.74, 6) is 6.92. The molecule has 2 nitrogen and oxygen atoms in total. The van der Waals surface area contributed by atoms with Gasteiger partial charge in [-0.3, -0.25) is 4.98 Å². The van der Waals surface area contributed by atoms with Crippen LogP contribution in [0, 0.1) is 11.8 Å². The molecule has 0 fully saturated rings. The molecule has 0 radical (unpaired) electrons. The number of nitrogens with zero attached hydrogens (tertiary/aromatic N) is 1. The lowest BCUT2D eigenvalue weighted by Crippen LogP contribution is -1.90. The van der Waals surface area contributed by atoms with Crippen molar-refractivity contribution in [2.75, 3.05) is 6.61 Å². The van der Waals surface area contributed by atoms with Crippen LogP contribution in [0.4, 0.5) is 0 Å². The van der Waals surface area contributed by atoms with Gasteiger partial charge in [-0.15, -0.1) is 0 Å². The van der Waals surface area contributed by atoms with Crippen LogP contribution in [0.15, 0.2) is 42.7 Å². The summed E-state index contributed by atoms with van der Waals surface area (Å²) < 4.78 is 5.36. The molecule has 0 N–H and O–H groups in total. The summed E-state index contributed by atoms with van der Waals surface area (Å²) in [6.45, 7) is 2.62. The summed E-state index contributed by atoms with van der Waals surface area (Å²) in [5.41, 5.74) is 1.73. The van der Waals surface area contributed by atoms with Crippen LogP contribution in [0.3, 0.4) is 0 Å². The van der Waals surface area contributed by atoms with Crippen LogP contribution in [0.1, 0.15) is 18.1 Å². The molecule has 2 rings (SSSR count). The lowest BCUT2D eigenvalue weighted by atomic mass is 10.2. The van der Waals surface area contributed by atoms with Crippen LogP contribution in [0.5, 0.6) is 5.75 Å². The van der Waals surface area contributed by atoms with Crippen molar-refractivity contribution in [2.24, 2.45) is 0 Å². The summed E-state index contributed by atoms with van der Waals surface area (Å²) in [6.07, 6.45) is 3.27. The second-order valence-corrected chi connectivity index (χ2v) is 4.04. The van der Waals surface area contributed by atoms with Crippen molar-refractivity contribution in [3.8, 4) is 17.6 Å². The molecule has 0 unspecified atom stereocenters. The maximum absolute atomic E-state index is 5.84. The monoisotopic (exact) mass is 257 g/mol. The largest absolute Gasteiger partial charge is 0.494 e. The SMILES string of the molecule is CCOc1ccc(C#Cc2cncc(Cl)c2)cc1. The van der Waals surface area contributed by atoms with Crippen molar-refractivity contribution in [3.63, 3.8) is 0 Å². The fourth-order valence-corrected chi connectivity index (χ4v) is 1.60. The van der Waals surface area contributed by atoms with Crippen LogP contribution in [-0.4, -0.2) is 11.6 Å². The normalized spacial score (nSPS) is 9.44. The third kappa shape index (κ3) is 3.51. The van der Waals surface area contributed by atoms with Gasteiger partial charge in [0.15, 0.2) is 0 Å². The van der Waals surface area contributed by atoms with Gasteiger partial charge in [-0.05, 0) is 37.3 Å². The molecule has 0 aliphatic heterocycles. The van der Waals surface area contributed by atoms with Gasteiger partial charge in [-0.1, -0.05) is 23.4 Å². The van der Waals surface area contributed by atoms with E-state index in [0.29, 0.717) is 11.6 Å². The maximum Gasteiger partial charge on any atom is 0.119 e. The first-order valence-corrected chi connectivity index (χ1v) is 6.01. The van der Waals surface area contributed by atoms with Crippen LogP contribution >= 0.6 is 11.6 Å². The highest BCUT2D eigenvalue weighted by Crippen LogP contribution is 2.12. The lowest BCUT2D eigenvalue weighted by molar-refractivity contribution is 0.340. The average Bonchev–Trinajstić information content (AvgIpc) is 2.38. The number of aromatic nitrogens is 1. The van der Waals surface area contributed by atoms with Gasteiger partial charge < -0.3 is 4.74 Å². The Labute approximate surface area is 112 Å². The van der Waals surface area contributed by atoms with E-state index in [9.17, 15) is 0 Å². The van der Waals surface area contributed by atoms with Crippen LogP contribution in [0.2, 0.25) is 5.02 Å². The molecule has 1 heterocycles. The van der Waals surface area contributed by atoms with E-state index in [1.807, 2.05) is 31.2 Å². The first-order chi connectivity index (χ1) is 8.78. The Morgan fingerprint density at radius 1 is 1.11 bits per heavy atom. The Balaban J connectivity index is 2.14. The Bertz CT molecular complexity index is 581. The summed E-state index contributed by atoms with van der Waals surface area (Å²) >= 11 is 5.84. The molecule has 1 aromatic carbocycles. The van der Waals surface area contributed by atoms with Crippen LogP contribution < -0.4 is 4.74 Å². The molecule has 0 amide bonds. The van der Waals surface area contributed by atoms with Gasteiger partial charge in [-0.2, -0.15) is 0 Å². The third-order valence-electron chi connectivity index (χ3n) is 2.22. The minimum absolute atomic E-state index is 0.591. The predicted octanol–water partition coefficient (Wildman–Crippen LogP) is 3.53. The van der Waals surface area contributed by atoms with Gasteiger partial charge in [0.25, 0.3) is 0 Å². The minimum Gasteiger partial charge on any atom is -0.494 e. The summed E-state index contributed by atoms with van der Waals surface area (Å²) in [5, 5.41) is 0.591. The fraction of sp³-hybridized carbons (Fsp3) is 0.133. The lowest BCUT2D eigenvalue weighted by Gasteiger charge is -2.01. The Morgan fingerprint density at radius 2 is 1.83 bits per heavy atom. The van der Waals surface area contributed by atoms with E-state index in [1.165, 1.54) is 0 Å². The standard InChI is InChI=1S/C15H12ClNO/c1-2-18-15-7-5-12(6-8-15)3-4-13-9-14(16)11-17-10-13/h5-11H,2H2,1H3. The highest BCUT2D eigenvalue weighted by Gasteiger charge is 1.92. The molecule has 0 aliphatic rings. The average molecular weight is 258 g/mol. The van der Waals surface area contributed by atoms with E-state index in [-0.39, 0.29) is 0 Å². The van der Waals surface area contributed by atoms with E-state index in [4.69, 9.17) is 16.3 Å². The highest BCUT2D eigenvalue weighted by molar-refractivity contribution is 6.30. The van der Waals surface area contributed by atoms with Crippen molar-refractivity contribution in [3.05, 3.63) is 58.9 Å². The number of rotatable bonds is 2. The number of hydrogen-bond acceptors (Lipinski definition) is 2. The van der Waals surface area contributed by atoms with Gasteiger partial charge in [-0.25, -0.2) is 0 Å². The van der Waals surface area contributed by atoms with E-state index in [2.05, 4.69) is 16.8 Å². The smallest absolute Gasteiger partial charge is 0.119 e. The molecule has 90 valence electrons. The fourth-order valence-electron chi connectivity index (χ4n) is 1.43. The van der Waals surface area contributed by atoms with Gasteiger partial charge in [0, 0.05) is 23.5 Å². The summed E-state index contributed by atoms with van der Waals surface area (Å²) in [4.78, 5) is 3.98. The van der Waals surface area contributed by atoms with Gasteiger partial charge in [0.2, 0.25) is 0 Å². The van der Waals surface area contributed by atoms with E-state index >= 15 is 0 Å². The second kappa shape index (κ2) is 6.09. The number of benzene rings is 1. The Kier molecular flexibility index (Phi) is 4.22. The summed E-state index contributed by atoms with van der Waals surface area (Å²) in [6, 6.07) is 9.45. The number of halogens is 1. The highest BCUT2D eigenvalue weighted by atomic mass is 35.5. The minimum atomic E-state index is 0.591. The Hall–Kier alpha value is -1.98. The van der Waals surface area contributed by atoms with Crippen molar-refractivity contribution < 1.29 is 4.74 Å². The summed E-state index contributed by atoms with van der Waals surface area (Å²) in [7, 11) is 0. The first-order valence-electron chi connectivity index (χ1n) is 5.63. The van der Waals surface area contributed by atoms with Crippen LogP contribution in [0.25, 0.3) is 0 Å². The van der Waals surface area contributed by atoms with Crippen molar-refractivity contribution in [2.45, 2.75) is 6.92 Å². The molecular weight excluding hydrogens is 246 g/mol. The maximum atomic E-state index is 5.84. The molecule has 18 heavy (non-hydrogen) atoms. The van der Waals surface area contributed by atoms with Gasteiger partial charge >= 0.3 is 0 Å². The van der Waals surface area contributed by atoms with Crippen LogP contribution in [-0.2, 0) is 0 Å². The molecule has 0 spiro atoms. The van der Waals surface area contributed by atoms with E-state index in [1.54, 1.807) is 18.5 Å². The topological polar surface area (TPSA) is 22.1 Å². The third-order valence-corrected chi connectivity index (χ3v) is 2.43. The molecule has 2 aromatic rings. The van der Waals surface area contributed by atoms with Crippen molar-refractivity contribution >= 4 is 11.6 Å². The molecule has 3 heteroatoms. The molecule has 0 atom stereocenters. The van der Waals surface area contributed by atoms with E-state index < -0.39 is 0 Å². The van der Waals surface area contributed by atoms with Crippen molar-refractivity contribution in [1.29, 1.82) is 0 Å². The van der Waals surface area contributed by atoms with Gasteiger partial charge in [0.1, 0.15) is 5.75 Å². The molecule has 0 saturated carbocycles. The zero-order valence-electron chi connectivity index (χ0n) is 9.98. The zero-order chi connectivity index (χ0) is 12.8. The van der Waals surface area contributed by atoms with E-state index in [0.717, 1.165) is 16.9 Å². The quantitative estimate of drug-likeness (QED) is 0.768. The molecule has 1 aromatic heterocycles. The predicted molar refractivity (Wildman–Crippen MR) is 72.8 cm³/mol.